The number of aliphatic hydroxyl groups excluding tert-OH is 1. The van der Waals surface area contributed by atoms with Gasteiger partial charge in [0.05, 0.1) is 11.7 Å². The highest BCUT2D eigenvalue weighted by Gasteiger charge is 2.78. The molecule has 7 nitrogen and oxygen atoms in total. The average molecular weight is 694 g/mol. The molecular weight excluding hydrogens is 657 g/mol. The lowest BCUT2D eigenvalue weighted by atomic mass is 9.44. The first kappa shape index (κ1) is 34.4. The second-order valence-corrected chi connectivity index (χ2v) is 15.7. The zero-order valence-corrected chi connectivity index (χ0v) is 28.7. The third-order valence-electron chi connectivity index (χ3n) is 11.4. The third-order valence-corrected chi connectivity index (χ3v) is 13.1. The number of hydrogen-bond acceptors (Lipinski definition) is 9. The van der Waals surface area contributed by atoms with Gasteiger partial charge in [0.2, 0.25) is 5.60 Å². The maximum Gasteiger partial charge on any atom is 0.352 e. The van der Waals surface area contributed by atoms with E-state index in [4.69, 9.17) is 9.47 Å². The Balaban J connectivity index is 1.35. The van der Waals surface area contributed by atoms with E-state index in [1.54, 1.807) is 55.9 Å². The van der Waals surface area contributed by atoms with Crippen LogP contribution in [0.1, 0.15) is 50.4 Å². The van der Waals surface area contributed by atoms with Crippen LogP contribution in [0, 0.1) is 39.9 Å². The van der Waals surface area contributed by atoms with Crippen LogP contribution in [0.15, 0.2) is 87.0 Å². The fourth-order valence-electron chi connectivity index (χ4n) is 9.09. The molecule has 4 aliphatic rings. The van der Waals surface area contributed by atoms with Crippen molar-refractivity contribution < 1.29 is 37.7 Å². The molecule has 0 amide bonds. The number of nitrogens with zero attached hydrogens (tertiary/aromatic N) is 1. The van der Waals surface area contributed by atoms with Crippen LogP contribution >= 0.6 is 23.5 Å². The number of fused-ring (bicyclic) bond motifs is 5. The molecule has 6 rings (SSSR count). The van der Waals surface area contributed by atoms with Crippen LogP contribution in [0.5, 0.6) is 0 Å². The van der Waals surface area contributed by atoms with Crippen molar-refractivity contribution in [2.45, 2.75) is 78.3 Å². The number of halogens is 2. The van der Waals surface area contributed by atoms with Crippen LogP contribution in [0.25, 0.3) is 0 Å². The number of alkyl halides is 2. The van der Waals surface area contributed by atoms with Crippen LogP contribution in [-0.2, 0) is 19.1 Å². The highest BCUT2D eigenvalue weighted by molar-refractivity contribution is 7.99. The quantitative estimate of drug-likeness (QED) is 0.240. The molecule has 0 saturated heterocycles. The number of ether oxygens (including phenoxy) is 2. The minimum Gasteiger partial charge on any atom is -0.447 e. The minimum atomic E-state index is -2.37. The van der Waals surface area contributed by atoms with Crippen molar-refractivity contribution in [3.8, 4) is 6.07 Å². The number of rotatable bonds is 7. The van der Waals surface area contributed by atoms with E-state index < -0.39 is 76.5 Å². The van der Waals surface area contributed by atoms with Crippen molar-refractivity contribution in [1.29, 1.82) is 5.26 Å². The van der Waals surface area contributed by atoms with Gasteiger partial charge in [-0.15, -0.1) is 11.8 Å². The number of thioether (sulfide) groups is 1. The van der Waals surface area contributed by atoms with Gasteiger partial charge in [-0.25, -0.2) is 18.4 Å². The normalized spacial score (nSPS) is 36.6. The zero-order chi connectivity index (χ0) is 34.6. The second kappa shape index (κ2) is 12.5. The Morgan fingerprint density at radius 1 is 1.08 bits per heavy atom. The van der Waals surface area contributed by atoms with Gasteiger partial charge in [-0.2, -0.15) is 5.26 Å². The first-order chi connectivity index (χ1) is 22.7. The molecule has 0 aromatic heterocycles. The lowest BCUT2D eigenvalue weighted by molar-refractivity contribution is -0.230. The second-order valence-electron chi connectivity index (χ2n) is 13.7. The topological polar surface area (TPSA) is 114 Å². The summed E-state index contributed by atoms with van der Waals surface area (Å²) in [6.45, 7) is 4.25. The van der Waals surface area contributed by atoms with Crippen LogP contribution < -0.4 is 0 Å². The Morgan fingerprint density at radius 2 is 1.79 bits per heavy atom. The molecule has 2 aromatic carbocycles. The molecule has 0 heterocycles. The third kappa shape index (κ3) is 5.05. The van der Waals surface area contributed by atoms with Crippen molar-refractivity contribution in [2.24, 2.45) is 28.6 Å². The average Bonchev–Trinajstić information content (AvgIpc) is 3.28. The summed E-state index contributed by atoms with van der Waals surface area (Å²) in [5.74, 6) is -4.77. The molecule has 48 heavy (non-hydrogen) atoms. The fourth-order valence-corrected chi connectivity index (χ4v) is 10.5. The summed E-state index contributed by atoms with van der Waals surface area (Å²) in [6.07, 6.45) is 1.84. The minimum absolute atomic E-state index is 0.00728. The Labute approximate surface area is 287 Å². The Kier molecular flexibility index (Phi) is 8.93. The van der Waals surface area contributed by atoms with Crippen molar-refractivity contribution in [3.63, 3.8) is 0 Å². The van der Waals surface area contributed by atoms with E-state index in [0.717, 1.165) is 20.8 Å². The SMILES string of the molecule is CSc1cccc(Sc2ccc(C(=O)O[C@@]3(C(=O)OCC#N)[C@H](C)C[C@H]4[C@@H]5C[C@H](F)C6=CC(=O)C=C[C@]6(C)C5(F)[C@@H](O)C[C@@]43C)cc2)c1. The molecule has 4 aliphatic carbocycles. The zero-order valence-electron chi connectivity index (χ0n) is 27.1. The van der Waals surface area contributed by atoms with Crippen molar-refractivity contribution >= 4 is 41.2 Å². The van der Waals surface area contributed by atoms with E-state index in [0.29, 0.717) is 0 Å². The predicted octanol–water partition coefficient (Wildman–Crippen LogP) is 7.09. The highest BCUT2D eigenvalue weighted by atomic mass is 32.2. The fraction of sp³-hybridized carbons (Fsp3) is 0.459. The van der Waals surface area contributed by atoms with Crippen LogP contribution in [0.4, 0.5) is 8.78 Å². The molecule has 11 heteroatoms. The van der Waals surface area contributed by atoms with Gasteiger partial charge in [0.1, 0.15) is 12.2 Å². The monoisotopic (exact) mass is 693 g/mol. The van der Waals surface area contributed by atoms with E-state index in [2.05, 4.69) is 6.07 Å². The molecule has 252 valence electrons. The molecule has 1 unspecified atom stereocenters. The molecule has 3 fully saturated rings. The van der Waals surface area contributed by atoms with Gasteiger partial charge in [0.15, 0.2) is 18.1 Å². The van der Waals surface area contributed by atoms with Crippen LogP contribution in [0.3, 0.4) is 0 Å². The lowest BCUT2D eigenvalue weighted by Crippen LogP contribution is -2.71. The van der Waals surface area contributed by atoms with E-state index in [9.17, 15) is 24.8 Å². The molecular formula is C37H37F2NO6S2. The van der Waals surface area contributed by atoms with Gasteiger partial charge in [0.25, 0.3) is 0 Å². The summed E-state index contributed by atoms with van der Waals surface area (Å²) in [4.78, 5) is 43.2. The van der Waals surface area contributed by atoms with Crippen LogP contribution in [-0.4, -0.2) is 59.2 Å². The number of carbonyl (C=O) groups is 3. The van der Waals surface area contributed by atoms with Gasteiger partial charge in [0, 0.05) is 37.4 Å². The van der Waals surface area contributed by atoms with Gasteiger partial charge < -0.3 is 14.6 Å². The first-order valence-corrected chi connectivity index (χ1v) is 17.9. The molecule has 0 aliphatic heterocycles. The molecule has 9 atom stereocenters. The van der Waals surface area contributed by atoms with Crippen molar-refractivity contribution in [3.05, 3.63) is 77.9 Å². The molecule has 0 radical (unpaired) electrons. The number of esters is 2. The molecule has 0 spiro atoms. The standard InChI is InChI=1S/C37H37F2NO6S2/c1-21-16-27-28-19-30(38)29-17-23(41)12-13-34(29,2)36(28,39)31(42)20-35(27,3)37(21,33(44)45-15-14-40)46-32(43)22-8-10-24(11-9-22)48-26-7-5-6-25(18-26)47-4/h5-13,17-18,21,27-28,30-31,42H,15-16,19-20H2,1-4H3/t21-,27+,28+,30+,31+,34+,35+,36?,37-/m1/s1. The Hall–Kier alpha value is -3.46. The van der Waals surface area contributed by atoms with E-state index in [1.807, 2.05) is 24.5 Å². The summed E-state index contributed by atoms with van der Waals surface area (Å²) >= 11 is 3.16. The number of carbonyl (C=O) groups excluding carboxylic acids is 3. The number of ketones is 1. The number of benzene rings is 2. The molecule has 2 aromatic rings. The van der Waals surface area contributed by atoms with Crippen LogP contribution in [0.2, 0.25) is 0 Å². The number of nitriles is 1. The molecule has 3 saturated carbocycles. The van der Waals surface area contributed by atoms with Crippen molar-refractivity contribution in [2.75, 3.05) is 12.9 Å². The summed E-state index contributed by atoms with van der Waals surface area (Å²) < 4.78 is 45.2. The molecule has 1 N–H and O–H groups in total. The summed E-state index contributed by atoms with van der Waals surface area (Å²) in [5.41, 5.74) is -7.22. The van der Waals surface area contributed by atoms with Gasteiger partial charge >= 0.3 is 11.9 Å². The van der Waals surface area contributed by atoms with Gasteiger partial charge in [-0.05, 0) is 98.5 Å². The highest BCUT2D eigenvalue weighted by Crippen LogP contribution is 2.71. The predicted molar refractivity (Wildman–Crippen MR) is 177 cm³/mol. The van der Waals surface area contributed by atoms with Gasteiger partial charge in [-0.1, -0.05) is 37.8 Å². The maximum atomic E-state index is 17.7. The number of allylic oxidation sites excluding steroid dienone is 4. The van der Waals surface area contributed by atoms with Gasteiger partial charge in [-0.3, -0.25) is 4.79 Å². The summed E-state index contributed by atoms with van der Waals surface area (Å²) in [5, 5.41) is 21.0. The largest absolute Gasteiger partial charge is 0.447 e. The van der Waals surface area contributed by atoms with Crippen molar-refractivity contribution in [1.82, 2.24) is 0 Å². The lowest BCUT2D eigenvalue weighted by Gasteiger charge is -2.63. The van der Waals surface area contributed by atoms with E-state index in [1.165, 1.54) is 30.8 Å². The summed E-state index contributed by atoms with van der Waals surface area (Å²) in [7, 11) is 0. The summed E-state index contributed by atoms with van der Waals surface area (Å²) in [6, 6.07) is 16.6. The Bertz CT molecular complexity index is 1760. The van der Waals surface area contributed by atoms with E-state index in [-0.39, 0.29) is 30.4 Å². The van der Waals surface area contributed by atoms with E-state index >= 15 is 8.78 Å². The molecule has 0 bridgehead atoms. The Morgan fingerprint density at radius 3 is 2.48 bits per heavy atom. The number of hydrogen-bond donors (Lipinski definition) is 1. The first-order valence-electron chi connectivity index (χ1n) is 15.9. The maximum absolute atomic E-state index is 17.7. The smallest absolute Gasteiger partial charge is 0.352 e. The number of aliphatic hydroxyl groups is 1.